The molecule has 8 heteroatoms. The second-order valence-electron chi connectivity index (χ2n) is 7.76. The molecule has 0 aromatic heterocycles. The molecule has 0 radical (unpaired) electrons. The van der Waals surface area contributed by atoms with E-state index in [2.05, 4.69) is 16.0 Å². The van der Waals surface area contributed by atoms with Gasteiger partial charge in [-0.25, -0.2) is 9.59 Å². The molecule has 3 rings (SSSR count). The molecule has 28 heavy (non-hydrogen) atoms. The first-order valence-electron chi connectivity index (χ1n) is 9.55. The Morgan fingerprint density at radius 3 is 2.68 bits per heavy atom. The number of carbonyl (C=O) groups is 4. The quantitative estimate of drug-likeness (QED) is 0.694. The highest BCUT2D eigenvalue weighted by Crippen LogP contribution is 2.38. The van der Waals surface area contributed by atoms with Gasteiger partial charge in [-0.3, -0.25) is 19.8 Å². The molecule has 2 atom stereocenters. The van der Waals surface area contributed by atoms with E-state index in [1.54, 1.807) is 6.07 Å². The molecule has 150 valence electrons. The van der Waals surface area contributed by atoms with Gasteiger partial charge in [0, 0.05) is 5.69 Å². The zero-order valence-electron chi connectivity index (χ0n) is 16.4. The number of imide groups is 2. The van der Waals surface area contributed by atoms with Crippen LogP contribution in [0.5, 0.6) is 0 Å². The minimum Gasteiger partial charge on any atom is -0.323 e. The van der Waals surface area contributed by atoms with Crippen LogP contribution in [-0.2, 0) is 9.59 Å². The van der Waals surface area contributed by atoms with Gasteiger partial charge in [0.25, 0.3) is 5.91 Å². The molecule has 0 unspecified atom stereocenters. The number of nitrogens with one attached hydrogen (secondary N) is 3. The van der Waals surface area contributed by atoms with E-state index in [0.29, 0.717) is 12.1 Å². The first-order valence-corrected chi connectivity index (χ1v) is 9.55. The van der Waals surface area contributed by atoms with Gasteiger partial charge in [-0.2, -0.15) is 0 Å². The molecule has 1 aromatic rings. The van der Waals surface area contributed by atoms with Crippen molar-refractivity contribution in [3.05, 3.63) is 29.3 Å². The van der Waals surface area contributed by atoms with E-state index in [-0.39, 0.29) is 11.8 Å². The van der Waals surface area contributed by atoms with E-state index in [1.807, 2.05) is 32.9 Å². The number of benzene rings is 1. The van der Waals surface area contributed by atoms with Crippen LogP contribution in [0.3, 0.4) is 0 Å². The van der Waals surface area contributed by atoms with E-state index in [1.165, 1.54) is 0 Å². The van der Waals surface area contributed by atoms with Gasteiger partial charge < -0.3 is 10.6 Å². The molecule has 2 aliphatic rings. The Hall–Kier alpha value is -2.90. The predicted molar refractivity (Wildman–Crippen MR) is 104 cm³/mol. The van der Waals surface area contributed by atoms with E-state index >= 15 is 0 Å². The van der Waals surface area contributed by atoms with Crippen LogP contribution in [-0.4, -0.2) is 40.9 Å². The summed E-state index contributed by atoms with van der Waals surface area (Å²) in [5, 5.41) is 7.57. The van der Waals surface area contributed by atoms with E-state index < -0.39 is 30.1 Å². The van der Waals surface area contributed by atoms with Gasteiger partial charge in [-0.05, 0) is 44.2 Å². The van der Waals surface area contributed by atoms with Crippen LogP contribution >= 0.6 is 0 Å². The monoisotopic (exact) mass is 386 g/mol. The summed E-state index contributed by atoms with van der Waals surface area (Å²) in [5.41, 5.74) is 1.59. The maximum atomic E-state index is 12.9. The highest BCUT2D eigenvalue weighted by atomic mass is 16.2. The minimum absolute atomic E-state index is 0.0126. The lowest BCUT2D eigenvalue weighted by Crippen LogP contribution is -2.54. The molecule has 1 heterocycles. The topological polar surface area (TPSA) is 108 Å². The molecular weight excluding hydrogens is 360 g/mol. The second kappa shape index (κ2) is 7.61. The summed E-state index contributed by atoms with van der Waals surface area (Å²) in [4.78, 5) is 50.4. The van der Waals surface area contributed by atoms with Crippen molar-refractivity contribution in [2.45, 2.75) is 52.0 Å². The third-order valence-corrected chi connectivity index (χ3v) is 5.69. The standard InChI is InChI=1S/C20H26N4O4/c1-12-7-8-15(13(2)10-12)21-18(27)22-16(25)11-24-17(26)20(23-19(24)28)9-5-4-6-14(20)3/h7-8,10,14H,4-6,9,11H2,1-3H3,(H,23,28)(H2,21,22,25,27)/t14-,20+/m1/s1. The number of aryl methyl sites for hydroxylation is 2. The number of anilines is 1. The molecule has 1 aliphatic carbocycles. The molecule has 0 bridgehead atoms. The zero-order chi connectivity index (χ0) is 20.5. The zero-order valence-corrected chi connectivity index (χ0v) is 16.4. The Balaban J connectivity index is 1.60. The normalized spacial score (nSPS) is 24.2. The van der Waals surface area contributed by atoms with E-state index in [9.17, 15) is 19.2 Å². The van der Waals surface area contributed by atoms with Crippen molar-refractivity contribution in [1.82, 2.24) is 15.5 Å². The molecular formula is C20H26N4O4. The van der Waals surface area contributed by atoms with Gasteiger partial charge in [0.2, 0.25) is 5.91 Å². The first-order chi connectivity index (χ1) is 13.2. The number of amides is 6. The Morgan fingerprint density at radius 1 is 1.25 bits per heavy atom. The van der Waals surface area contributed by atoms with Gasteiger partial charge in [0.05, 0.1) is 0 Å². The van der Waals surface area contributed by atoms with Crippen LogP contribution in [0.2, 0.25) is 0 Å². The van der Waals surface area contributed by atoms with Crippen molar-refractivity contribution in [3.63, 3.8) is 0 Å². The van der Waals surface area contributed by atoms with Crippen LogP contribution < -0.4 is 16.0 Å². The molecule has 1 aliphatic heterocycles. The Kier molecular flexibility index (Phi) is 5.40. The van der Waals surface area contributed by atoms with Gasteiger partial charge in [-0.15, -0.1) is 0 Å². The molecule has 3 N–H and O–H groups in total. The summed E-state index contributed by atoms with van der Waals surface area (Å²) in [6, 6.07) is 4.23. The lowest BCUT2D eigenvalue weighted by Gasteiger charge is -2.36. The SMILES string of the molecule is Cc1ccc(NC(=O)NC(=O)CN2C(=O)N[C@]3(CCCC[C@H]3C)C2=O)c(C)c1. The van der Waals surface area contributed by atoms with Crippen LogP contribution in [0, 0.1) is 19.8 Å². The number of rotatable bonds is 3. The maximum Gasteiger partial charge on any atom is 0.325 e. The average molecular weight is 386 g/mol. The molecule has 6 amide bonds. The highest BCUT2D eigenvalue weighted by Gasteiger charge is 2.55. The second-order valence-corrected chi connectivity index (χ2v) is 7.76. The number of urea groups is 2. The summed E-state index contributed by atoms with van der Waals surface area (Å²) in [5.74, 6) is -1.08. The van der Waals surface area contributed by atoms with Crippen molar-refractivity contribution in [2.24, 2.45) is 5.92 Å². The molecule has 8 nitrogen and oxygen atoms in total. The average Bonchev–Trinajstić information content (AvgIpc) is 2.85. The Morgan fingerprint density at radius 2 is 2.00 bits per heavy atom. The number of nitrogens with zero attached hydrogens (tertiary/aromatic N) is 1. The Labute approximate surface area is 164 Å². The third kappa shape index (κ3) is 3.72. The van der Waals surface area contributed by atoms with Crippen LogP contribution in [0.4, 0.5) is 15.3 Å². The van der Waals surface area contributed by atoms with E-state index in [4.69, 9.17) is 0 Å². The molecule has 1 saturated carbocycles. The predicted octanol–water partition coefficient (Wildman–Crippen LogP) is 2.45. The van der Waals surface area contributed by atoms with Gasteiger partial charge in [-0.1, -0.05) is 37.5 Å². The Bertz CT molecular complexity index is 837. The van der Waals surface area contributed by atoms with Crippen molar-refractivity contribution in [2.75, 3.05) is 11.9 Å². The molecule has 1 spiro atoms. The van der Waals surface area contributed by atoms with Crippen LogP contribution in [0.1, 0.15) is 43.7 Å². The van der Waals surface area contributed by atoms with Gasteiger partial charge in [0.1, 0.15) is 12.1 Å². The summed E-state index contributed by atoms with van der Waals surface area (Å²) in [6.45, 7) is 5.25. The van der Waals surface area contributed by atoms with E-state index in [0.717, 1.165) is 35.3 Å². The highest BCUT2D eigenvalue weighted by molar-refractivity contribution is 6.11. The number of hydrogen-bond acceptors (Lipinski definition) is 4. The summed E-state index contributed by atoms with van der Waals surface area (Å²) >= 11 is 0. The fraction of sp³-hybridized carbons (Fsp3) is 0.500. The van der Waals surface area contributed by atoms with Gasteiger partial charge in [0.15, 0.2) is 0 Å². The third-order valence-electron chi connectivity index (χ3n) is 5.69. The fourth-order valence-electron chi connectivity index (χ4n) is 4.06. The van der Waals surface area contributed by atoms with Crippen LogP contribution in [0.15, 0.2) is 18.2 Å². The van der Waals surface area contributed by atoms with Gasteiger partial charge >= 0.3 is 12.1 Å². The largest absolute Gasteiger partial charge is 0.325 e. The molecule has 2 fully saturated rings. The fourth-order valence-corrected chi connectivity index (χ4v) is 4.06. The smallest absolute Gasteiger partial charge is 0.323 e. The van der Waals surface area contributed by atoms with Crippen molar-refractivity contribution in [1.29, 1.82) is 0 Å². The lowest BCUT2D eigenvalue weighted by atomic mass is 9.73. The minimum atomic E-state index is -0.920. The lowest BCUT2D eigenvalue weighted by molar-refractivity contribution is -0.137. The van der Waals surface area contributed by atoms with Crippen molar-refractivity contribution >= 4 is 29.6 Å². The summed E-state index contributed by atoms with van der Waals surface area (Å²) in [7, 11) is 0. The number of carbonyl (C=O) groups excluding carboxylic acids is 4. The van der Waals surface area contributed by atoms with Crippen molar-refractivity contribution in [3.8, 4) is 0 Å². The number of hydrogen-bond donors (Lipinski definition) is 3. The maximum absolute atomic E-state index is 12.9. The summed E-state index contributed by atoms with van der Waals surface area (Å²) < 4.78 is 0. The molecule has 1 saturated heterocycles. The van der Waals surface area contributed by atoms with Crippen LogP contribution in [0.25, 0.3) is 0 Å². The first kappa shape index (κ1) is 19.9. The molecule has 1 aromatic carbocycles. The summed E-state index contributed by atoms with van der Waals surface area (Å²) in [6.07, 6.45) is 3.30. The van der Waals surface area contributed by atoms with Crippen molar-refractivity contribution < 1.29 is 19.2 Å².